The molecule has 1 saturated carbocycles. The molecule has 2 atom stereocenters. The minimum atomic E-state index is -1.35. The third-order valence-electron chi connectivity index (χ3n) is 5.45. The summed E-state index contributed by atoms with van der Waals surface area (Å²) in [7, 11) is 0. The van der Waals surface area contributed by atoms with Gasteiger partial charge in [0.1, 0.15) is 5.82 Å². The van der Waals surface area contributed by atoms with Crippen molar-refractivity contribution in [2.75, 3.05) is 0 Å². The average Bonchev–Trinajstić information content (AvgIpc) is 3.56. The number of halogens is 1. The van der Waals surface area contributed by atoms with E-state index in [1.807, 2.05) is 24.3 Å². The first-order chi connectivity index (χ1) is 14.9. The molecular formula is C25H23FNO4-. The van der Waals surface area contributed by atoms with E-state index in [1.54, 1.807) is 24.3 Å². The fourth-order valence-corrected chi connectivity index (χ4v) is 3.77. The number of fused-ring (bicyclic) bond motifs is 1. The van der Waals surface area contributed by atoms with Crippen molar-refractivity contribution in [3.8, 4) is 11.1 Å². The van der Waals surface area contributed by atoms with Gasteiger partial charge in [-0.15, -0.1) is 0 Å². The average molecular weight is 420 g/mol. The van der Waals surface area contributed by atoms with Crippen molar-refractivity contribution >= 4 is 22.9 Å². The van der Waals surface area contributed by atoms with Crippen molar-refractivity contribution < 1.29 is 24.5 Å². The number of nitrogens with zero attached hydrogens (tertiary/aromatic N) is 1. The minimum Gasteiger partial charge on any atom is -0.550 e. The number of benzene rings is 2. The van der Waals surface area contributed by atoms with Crippen LogP contribution in [0.25, 0.3) is 28.1 Å². The maximum atomic E-state index is 13.4. The zero-order chi connectivity index (χ0) is 22.0. The van der Waals surface area contributed by atoms with Crippen LogP contribution in [0.15, 0.2) is 54.6 Å². The molecule has 6 heteroatoms. The zero-order valence-electron chi connectivity index (χ0n) is 16.9. The van der Waals surface area contributed by atoms with Crippen molar-refractivity contribution in [1.82, 2.24) is 4.98 Å². The number of hydrogen-bond acceptors (Lipinski definition) is 5. The van der Waals surface area contributed by atoms with E-state index in [1.165, 1.54) is 12.1 Å². The van der Waals surface area contributed by atoms with Crippen molar-refractivity contribution in [3.05, 3.63) is 71.7 Å². The number of aliphatic hydroxyl groups excluding tert-OH is 2. The molecule has 1 aliphatic rings. The molecule has 0 saturated heterocycles. The number of rotatable bonds is 8. The van der Waals surface area contributed by atoms with Gasteiger partial charge in [0.05, 0.1) is 23.4 Å². The summed E-state index contributed by atoms with van der Waals surface area (Å²) in [6.07, 6.45) is 2.66. The Labute approximate surface area is 179 Å². The Morgan fingerprint density at radius 1 is 1.19 bits per heavy atom. The summed E-state index contributed by atoms with van der Waals surface area (Å²) in [6.45, 7) is 0. The highest BCUT2D eigenvalue weighted by Gasteiger charge is 2.27. The monoisotopic (exact) mass is 420 g/mol. The molecule has 0 aliphatic heterocycles. The van der Waals surface area contributed by atoms with E-state index in [4.69, 9.17) is 4.98 Å². The molecule has 0 radical (unpaired) electrons. The van der Waals surface area contributed by atoms with Gasteiger partial charge in [0.25, 0.3) is 0 Å². The van der Waals surface area contributed by atoms with E-state index in [2.05, 4.69) is 0 Å². The molecular weight excluding hydrogens is 397 g/mol. The Morgan fingerprint density at radius 3 is 2.61 bits per heavy atom. The first-order valence-corrected chi connectivity index (χ1v) is 10.3. The van der Waals surface area contributed by atoms with Gasteiger partial charge in [0.2, 0.25) is 0 Å². The summed E-state index contributed by atoms with van der Waals surface area (Å²) in [5, 5.41) is 31.4. The van der Waals surface area contributed by atoms with Crippen LogP contribution in [0.1, 0.15) is 42.9 Å². The Hall–Kier alpha value is -3.09. The standard InChI is InChI=1S/C25H24FNO4/c26-18-9-6-15(7-10-18)21-2-1-3-23-22(21)12-17(25(27-23)16-4-5-16)8-11-19(28)13-20(29)14-24(30)31/h1-3,6-12,16,19-20,28-29H,4-5,13-14H2,(H,30,31)/p-1/b11-8+/t19-,20-/m1/s1. The third-order valence-corrected chi connectivity index (χ3v) is 5.45. The number of aromatic nitrogens is 1. The van der Waals surface area contributed by atoms with Gasteiger partial charge >= 0.3 is 0 Å². The maximum Gasteiger partial charge on any atom is 0.123 e. The summed E-state index contributed by atoms with van der Waals surface area (Å²) in [6, 6.07) is 14.2. The Balaban J connectivity index is 1.68. The lowest BCUT2D eigenvalue weighted by molar-refractivity contribution is -0.307. The number of pyridine rings is 1. The molecule has 4 rings (SSSR count). The van der Waals surface area contributed by atoms with Crippen LogP contribution in [-0.2, 0) is 4.79 Å². The van der Waals surface area contributed by atoms with Gasteiger partial charge in [-0.05, 0) is 53.8 Å². The summed E-state index contributed by atoms with van der Waals surface area (Å²) in [5.74, 6) is -1.28. The molecule has 1 aliphatic carbocycles. The molecule has 3 aromatic rings. The fourth-order valence-electron chi connectivity index (χ4n) is 3.77. The molecule has 0 bridgehead atoms. The highest BCUT2D eigenvalue weighted by Crippen LogP contribution is 2.42. The lowest BCUT2D eigenvalue weighted by Gasteiger charge is -2.14. The van der Waals surface area contributed by atoms with Crippen LogP contribution in [0.2, 0.25) is 0 Å². The van der Waals surface area contributed by atoms with Crippen LogP contribution >= 0.6 is 0 Å². The number of carbonyl (C=O) groups excluding carboxylic acids is 1. The highest BCUT2D eigenvalue weighted by atomic mass is 19.1. The molecule has 1 fully saturated rings. The second-order valence-electron chi connectivity index (χ2n) is 8.01. The van der Waals surface area contributed by atoms with Gasteiger partial charge in [-0.1, -0.05) is 36.4 Å². The summed E-state index contributed by atoms with van der Waals surface area (Å²) in [4.78, 5) is 15.5. The Kier molecular flexibility index (Phi) is 6.11. The predicted octanol–water partition coefficient (Wildman–Crippen LogP) is 3.18. The van der Waals surface area contributed by atoms with Crippen LogP contribution in [0, 0.1) is 5.82 Å². The molecule has 160 valence electrons. The van der Waals surface area contributed by atoms with Crippen LogP contribution < -0.4 is 5.11 Å². The van der Waals surface area contributed by atoms with Crippen molar-refractivity contribution in [2.24, 2.45) is 0 Å². The molecule has 31 heavy (non-hydrogen) atoms. The van der Waals surface area contributed by atoms with Gasteiger partial charge in [0.15, 0.2) is 0 Å². The number of carboxylic acid groups (broad SMARTS) is 1. The molecule has 0 amide bonds. The summed E-state index contributed by atoms with van der Waals surface area (Å²) < 4.78 is 13.4. The second-order valence-corrected chi connectivity index (χ2v) is 8.01. The van der Waals surface area contributed by atoms with E-state index < -0.39 is 24.6 Å². The number of carbonyl (C=O) groups is 1. The topological polar surface area (TPSA) is 93.5 Å². The molecule has 2 N–H and O–H groups in total. The Bertz CT molecular complexity index is 1120. The number of aliphatic carboxylic acids is 1. The molecule has 2 aromatic carbocycles. The first-order valence-electron chi connectivity index (χ1n) is 10.3. The molecule has 1 aromatic heterocycles. The van der Waals surface area contributed by atoms with Gasteiger partial charge in [0, 0.05) is 30.1 Å². The second kappa shape index (κ2) is 8.96. The lowest BCUT2D eigenvalue weighted by Crippen LogP contribution is -2.29. The van der Waals surface area contributed by atoms with E-state index in [9.17, 15) is 24.5 Å². The van der Waals surface area contributed by atoms with Crippen LogP contribution in [0.3, 0.4) is 0 Å². The lowest BCUT2D eigenvalue weighted by atomic mass is 9.97. The van der Waals surface area contributed by atoms with E-state index in [0.717, 1.165) is 46.1 Å². The largest absolute Gasteiger partial charge is 0.550 e. The number of hydrogen-bond donors (Lipinski definition) is 2. The Morgan fingerprint density at radius 2 is 1.94 bits per heavy atom. The van der Waals surface area contributed by atoms with Gasteiger partial charge in [-0.2, -0.15) is 0 Å². The van der Waals surface area contributed by atoms with E-state index in [-0.39, 0.29) is 12.2 Å². The quantitative estimate of drug-likeness (QED) is 0.584. The molecule has 5 nitrogen and oxygen atoms in total. The van der Waals surface area contributed by atoms with Gasteiger partial charge < -0.3 is 20.1 Å². The molecule has 1 heterocycles. The van der Waals surface area contributed by atoms with Gasteiger partial charge in [-0.3, -0.25) is 4.98 Å². The SMILES string of the molecule is O=C([O-])C[C@H](O)C[C@H](O)/C=C/c1cc2c(-c3ccc(F)cc3)cccc2nc1C1CC1. The van der Waals surface area contributed by atoms with E-state index >= 15 is 0 Å². The summed E-state index contributed by atoms with van der Waals surface area (Å²) in [5.41, 5.74) is 4.51. The first kappa shape index (κ1) is 21.2. The predicted molar refractivity (Wildman–Crippen MR) is 114 cm³/mol. The van der Waals surface area contributed by atoms with Crippen molar-refractivity contribution in [3.63, 3.8) is 0 Å². The van der Waals surface area contributed by atoms with Crippen LogP contribution in [0.5, 0.6) is 0 Å². The fraction of sp³-hybridized carbons (Fsp3) is 0.280. The van der Waals surface area contributed by atoms with Crippen LogP contribution in [-0.4, -0.2) is 33.4 Å². The smallest absolute Gasteiger partial charge is 0.123 e. The van der Waals surface area contributed by atoms with Crippen molar-refractivity contribution in [1.29, 1.82) is 0 Å². The number of carboxylic acids is 1. The zero-order valence-corrected chi connectivity index (χ0v) is 16.9. The highest BCUT2D eigenvalue weighted by molar-refractivity contribution is 5.96. The van der Waals surface area contributed by atoms with Crippen LogP contribution in [0.4, 0.5) is 4.39 Å². The van der Waals surface area contributed by atoms with Gasteiger partial charge in [-0.25, -0.2) is 4.39 Å². The third kappa shape index (κ3) is 5.16. The molecule has 0 unspecified atom stereocenters. The molecule has 0 spiro atoms. The van der Waals surface area contributed by atoms with E-state index in [0.29, 0.717) is 5.92 Å². The normalized spacial score (nSPS) is 16.0. The maximum absolute atomic E-state index is 13.4. The minimum absolute atomic E-state index is 0.0922. The number of aliphatic hydroxyl groups is 2. The summed E-state index contributed by atoms with van der Waals surface area (Å²) >= 11 is 0. The van der Waals surface area contributed by atoms with Crippen molar-refractivity contribution in [2.45, 2.75) is 43.8 Å².